The first-order valence-corrected chi connectivity index (χ1v) is 6.72. The smallest absolute Gasteiger partial charge is 0.124 e. The van der Waals surface area contributed by atoms with Crippen molar-refractivity contribution in [3.63, 3.8) is 0 Å². The van der Waals surface area contributed by atoms with Gasteiger partial charge >= 0.3 is 0 Å². The largest absolute Gasteiger partial charge is 0.496 e. The number of rotatable bonds is 4. The van der Waals surface area contributed by atoms with E-state index in [-0.39, 0.29) is 5.82 Å². The summed E-state index contributed by atoms with van der Waals surface area (Å²) in [5.74, 6) is 0.801. The molecule has 1 N–H and O–H groups in total. The summed E-state index contributed by atoms with van der Waals surface area (Å²) in [5, 5.41) is 10.3. The van der Waals surface area contributed by atoms with E-state index in [9.17, 15) is 9.50 Å². The highest BCUT2D eigenvalue weighted by atomic mass is 19.1. The number of benzene rings is 1. The van der Waals surface area contributed by atoms with Crippen LogP contribution in [0.3, 0.4) is 0 Å². The van der Waals surface area contributed by atoms with Crippen molar-refractivity contribution >= 4 is 0 Å². The quantitative estimate of drug-likeness (QED) is 0.882. The molecule has 1 aromatic rings. The van der Waals surface area contributed by atoms with Gasteiger partial charge in [0.05, 0.1) is 13.2 Å². The van der Waals surface area contributed by atoms with Gasteiger partial charge in [0.2, 0.25) is 0 Å². The maximum absolute atomic E-state index is 13.3. The van der Waals surface area contributed by atoms with Crippen LogP contribution in [0.1, 0.15) is 50.2 Å². The van der Waals surface area contributed by atoms with E-state index in [2.05, 4.69) is 0 Å². The molecule has 1 saturated carbocycles. The zero-order valence-corrected chi connectivity index (χ0v) is 10.9. The van der Waals surface area contributed by atoms with Crippen LogP contribution in [0.5, 0.6) is 5.75 Å². The molecule has 3 heteroatoms. The van der Waals surface area contributed by atoms with Crippen LogP contribution in [0.2, 0.25) is 0 Å². The average molecular weight is 252 g/mol. The third-order valence-corrected chi connectivity index (χ3v) is 3.83. The highest BCUT2D eigenvalue weighted by Crippen LogP contribution is 2.35. The summed E-state index contributed by atoms with van der Waals surface area (Å²) in [5.41, 5.74) is 0.572. The molecule has 0 amide bonds. The maximum Gasteiger partial charge on any atom is 0.124 e. The Kier molecular flexibility index (Phi) is 4.59. The molecule has 2 rings (SSSR count). The fraction of sp³-hybridized carbons (Fsp3) is 0.600. The Morgan fingerprint density at radius 2 is 2.06 bits per heavy atom. The Hall–Kier alpha value is -1.09. The highest BCUT2D eigenvalue weighted by Gasteiger charge is 2.21. The molecule has 0 aliphatic heterocycles. The predicted octanol–water partition coefficient (Wildman–Crippen LogP) is 3.84. The van der Waals surface area contributed by atoms with Crippen molar-refractivity contribution in [3.8, 4) is 5.75 Å². The summed E-state index contributed by atoms with van der Waals surface area (Å²) < 4.78 is 18.4. The van der Waals surface area contributed by atoms with Crippen LogP contribution in [-0.2, 0) is 0 Å². The summed E-state index contributed by atoms with van der Waals surface area (Å²) in [6, 6.07) is 4.32. The summed E-state index contributed by atoms with van der Waals surface area (Å²) in [7, 11) is 1.55. The number of halogens is 1. The standard InChI is InChI=1S/C15H21FO2/c1-18-15-8-7-12(16)10-13(15)14(17)9-11-5-3-2-4-6-11/h7-8,10-11,14,17H,2-6,9H2,1H3. The molecule has 0 spiro atoms. The Morgan fingerprint density at radius 1 is 1.33 bits per heavy atom. The van der Waals surface area contributed by atoms with Gasteiger partial charge in [-0.15, -0.1) is 0 Å². The van der Waals surface area contributed by atoms with Crippen LogP contribution in [0, 0.1) is 11.7 Å². The predicted molar refractivity (Wildman–Crippen MR) is 69.1 cm³/mol. The molecule has 0 saturated heterocycles. The number of hydrogen-bond acceptors (Lipinski definition) is 2. The summed E-state index contributed by atoms with van der Waals surface area (Å²) >= 11 is 0. The van der Waals surface area contributed by atoms with Gasteiger partial charge in [0, 0.05) is 5.56 Å². The van der Waals surface area contributed by atoms with Gasteiger partial charge in [-0.25, -0.2) is 4.39 Å². The molecule has 18 heavy (non-hydrogen) atoms. The summed E-state index contributed by atoms with van der Waals surface area (Å²) in [4.78, 5) is 0. The van der Waals surface area contributed by atoms with Gasteiger partial charge in [0.1, 0.15) is 11.6 Å². The van der Waals surface area contributed by atoms with Crippen LogP contribution in [-0.4, -0.2) is 12.2 Å². The van der Waals surface area contributed by atoms with Crippen LogP contribution in [0.4, 0.5) is 4.39 Å². The highest BCUT2D eigenvalue weighted by molar-refractivity contribution is 5.35. The fourth-order valence-corrected chi connectivity index (χ4v) is 2.83. The van der Waals surface area contributed by atoms with Crippen molar-refractivity contribution in [2.75, 3.05) is 7.11 Å². The van der Waals surface area contributed by atoms with E-state index >= 15 is 0 Å². The van der Waals surface area contributed by atoms with Crippen molar-refractivity contribution in [3.05, 3.63) is 29.6 Å². The summed E-state index contributed by atoms with van der Waals surface area (Å²) in [6.07, 6.45) is 6.23. The van der Waals surface area contributed by atoms with Gasteiger partial charge in [-0.1, -0.05) is 32.1 Å². The van der Waals surface area contributed by atoms with Crippen LogP contribution < -0.4 is 4.74 Å². The van der Waals surface area contributed by atoms with Gasteiger partial charge in [-0.05, 0) is 30.5 Å². The number of ether oxygens (including phenoxy) is 1. The molecule has 100 valence electrons. The van der Waals surface area contributed by atoms with E-state index in [1.54, 1.807) is 13.2 Å². The minimum Gasteiger partial charge on any atom is -0.496 e. The van der Waals surface area contributed by atoms with Gasteiger partial charge in [0.25, 0.3) is 0 Å². The molecule has 1 aromatic carbocycles. The average Bonchev–Trinajstić information content (AvgIpc) is 2.40. The molecule has 0 bridgehead atoms. The second-order valence-corrected chi connectivity index (χ2v) is 5.14. The third kappa shape index (κ3) is 3.22. The van der Waals surface area contributed by atoms with E-state index in [1.165, 1.54) is 44.2 Å². The maximum atomic E-state index is 13.3. The Morgan fingerprint density at radius 3 is 2.72 bits per heavy atom. The lowest BCUT2D eigenvalue weighted by atomic mass is 9.84. The first-order valence-electron chi connectivity index (χ1n) is 6.72. The van der Waals surface area contributed by atoms with Crippen LogP contribution in [0.25, 0.3) is 0 Å². The van der Waals surface area contributed by atoms with E-state index in [0.29, 0.717) is 23.7 Å². The molecule has 1 atom stereocenters. The lowest BCUT2D eigenvalue weighted by Crippen LogP contribution is -2.12. The minimum absolute atomic E-state index is 0.325. The van der Waals surface area contributed by atoms with E-state index in [1.807, 2.05) is 0 Å². The molecule has 1 aliphatic carbocycles. The molecule has 0 heterocycles. The van der Waals surface area contributed by atoms with Crippen molar-refractivity contribution in [1.29, 1.82) is 0 Å². The number of hydrogen-bond donors (Lipinski definition) is 1. The van der Waals surface area contributed by atoms with E-state index in [4.69, 9.17) is 4.74 Å². The second kappa shape index (κ2) is 6.19. The minimum atomic E-state index is -0.626. The van der Waals surface area contributed by atoms with Crippen molar-refractivity contribution in [2.24, 2.45) is 5.92 Å². The molecular weight excluding hydrogens is 231 g/mol. The number of methoxy groups -OCH3 is 1. The first-order chi connectivity index (χ1) is 8.70. The number of aliphatic hydroxyl groups is 1. The van der Waals surface area contributed by atoms with Gasteiger partial charge in [-0.2, -0.15) is 0 Å². The molecule has 1 aliphatic rings. The first kappa shape index (κ1) is 13.3. The Bertz CT molecular complexity index is 386. The zero-order valence-electron chi connectivity index (χ0n) is 10.9. The molecule has 2 nitrogen and oxygen atoms in total. The fourth-order valence-electron chi connectivity index (χ4n) is 2.83. The summed E-state index contributed by atoms with van der Waals surface area (Å²) in [6.45, 7) is 0. The topological polar surface area (TPSA) is 29.5 Å². The van der Waals surface area contributed by atoms with Gasteiger partial charge in [0.15, 0.2) is 0 Å². The molecule has 0 aromatic heterocycles. The second-order valence-electron chi connectivity index (χ2n) is 5.14. The van der Waals surface area contributed by atoms with Crippen molar-refractivity contribution in [2.45, 2.75) is 44.6 Å². The van der Waals surface area contributed by atoms with Crippen LogP contribution in [0.15, 0.2) is 18.2 Å². The van der Waals surface area contributed by atoms with Gasteiger partial charge < -0.3 is 9.84 Å². The van der Waals surface area contributed by atoms with E-state index in [0.717, 1.165) is 0 Å². The lowest BCUT2D eigenvalue weighted by Gasteiger charge is -2.24. The lowest BCUT2D eigenvalue weighted by molar-refractivity contribution is 0.128. The number of aliphatic hydroxyl groups excluding tert-OH is 1. The normalized spacial score (nSPS) is 18.6. The Labute approximate surface area is 108 Å². The van der Waals surface area contributed by atoms with Crippen LogP contribution >= 0.6 is 0 Å². The Balaban J connectivity index is 2.07. The van der Waals surface area contributed by atoms with Gasteiger partial charge in [-0.3, -0.25) is 0 Å². The molecule has 1 unspecified atom stereocenters. The molecular formula is C15H21FO2. The third-order valence-electron chi connectivity index (χ3n) is 3.83. The monoisotopic (exact) mass is 252 g/mol. The van der Waals surface area contributed by atoms with E-state index < -0.39 is 6.10 Å². The van der Waals surface area contributed by atoms with Crippen molar-refractivity contribution in [1.82, 2.24) is 0 Å². The van der Waals surface area contributed by atoms with Crippen molar-refractivity contribution < 1.29 is 14.2 Å². The molecule has 0 radical (unpaired) electrons. The SMILES string of the molecule is COc1ccc(F)cc1C(O)CC1CCCCC1. The zero-order chi connectivity index (χ0) is 13.0. The molecule has 1 fully saturated rings.